The quantitative estimate of drug-likeness (QED) is 0.572. The first-order valence-corrected chi connectivity index (χ1v) is 8.09. The summed E-state index contributed by atoms with van der Waals surface area (Å²) in [6.07, 6.45) is 1.29. The Balaban J connectivity index is 1.79. The summed E-state index contributed by atoms with van der Waals surface area (Å²) in [6, 6.07) is 7.94. The number of halogens is 3. The average molecular weight is 386 g/mol. The van der Waals surface area contributed by atoms with Crippen molar-refractivity contribution in [2.75, 3.05) is 12.4 Å². The van der Waals surface area contributed by atoms with Gasteiger partial charge < -0.3 is 10.1 Å². The molecule has 0 saturated heterocycles. The number of nitrogens with one attached hydrogen (secondary N) is 1. The van der Waals surface area contributed by atoms with Gasteiger partial charge in [0, 0.05) is 18.5 Å². The lowest BCUT2D eigenvalue weighted by atomic mass is 10.3. The number of pyridine rings is 2. The number of aromatic nitrogens is 5. The molecule has 0 radical (unpaired) electrons. The molecule has 7 nitrogen and oxygen atoms in total. The number of fused-ring (bicyclic) bond motifs is 1. The maximum Gasteiger partial charge on any atom is 0.435 e. The molecule has 142 valence electrons. The predicted molar refractivity (Wildman–Crippen MR) is 95.3 cm³/mol. The van der Waals surface area contributed by atoms with Crippen LogP contribution < -0.4 is 10.1 Å². The second-order valence-electron chi connectivity index (χ2n) is 5.74. The zero-order valence-corrected chi connectivity index (χ0v) is 14.5. The number of rotatable bonds is 4. The fraction of sp³-hybridized carbons (Fsp3) is 0.111. The summed E-state index contributed by atoms with van der Waals surface area (Å²) in [6.45, 7) is 0. The lowest BCUT2D eigenvalue weighted by Crippen LogP contribution is -2.09. The largest absolute Gasteiger partial charge is 0.495 e. The number of ether oxygens (including phenoxy) is 1. The van der Waals surface area contributed by atoms with E-state index < -0.39 is 11.9 Å². The lowest BCUT2D eigenvalue weighted by molar-refractivity contribution is -0.140. The van der Waals surface area contributed by atoms with E-state index in [1.807, 2.05) is 0 Å². The van der Waals surface area contributed by atoms with Gasteiger partial charge in [0.25, 0.3) is 0 Å². The van der Waals surface area contributed by atoms with Crippen molar-refractivity contribution in [3.63, 3.8) is 0 Å². The molecule has 1 N–H and O–H groups in total. The highest BCUT2D eigenvalue weighted by Gasteiger charge is 2.39. The molecule has 4 heterocycles. The molecule has 0 spiro atoms. The molecule has 0 fully saturated rings. The molecular weight excluding hydrogens is 373 g/mol. The topological polar surface area (TPSA) is 77.2 Å². The van der Waals surface area contributed by atoms with Crippen molar-refractivity contribution >= 4 is 17.2 Å². The van der Waals surface area contributed by atoms with E-state index in [2.05, 4.69) is 25.3 Å². The molecule has 10 heteroatoms. The maximum atomic E-state index is 13.5. The third-order valence-electron chi connectivity index (χ3n) is 3.89. The Morgan fingerprint density at radius 3 is 2.75 bits per heavy atom. The number of nitrogens with zero attached hydrogens (tertiary/aromatic N) is 5. The molecule has 0 atom stereocenters. The van der Waals surface area contributed by atoms with Crippen LogP contribution in [-0.4, -0.2) is 31.4 Å². The number of anilines is 2. The van der Waals surface area contributed by atoms with Gasteiger partial charge in [-0.05, 0) is 18.2 Å². The third kappa shape index (κ3) is 3.31. The van der Waals surface area contributed by atoms with Crippen molar-refractivity contribution in [2.24, 2.45) is 0 Å². The molecule has 0 bridgehead atoms. The average Bonchev–Trinajstić information content (AvgIpc) is 3.08. The number of hydrogen-bond acceptors (Lipinski definition) is 6. The van der Waals surface area contributed by atoms with E-state index in [4.69, 9.17) is 4.74 Å². The van der Waals surface area contributed by atoms with Crippen molar-refractivity contribution in [3.8, 4) is 17.3 Å². The van der Waals surface area contributed by atoms with Crippen LogP contribution in [0.4, 0.5) is 24.7 Å². The summed E-state index contributed by atoms with van der Waals surface area (Å²) in [5.41, 5.74) is -0.545. The molecule has 4 aromatic heterocycles. The highest BCUT2D eigenvalue weighted by molar-refractivity contribution is 5.65. The standard InChI is InChI=1S/C18H13F3N6O/c1-28-12-8-11(9-22-10-12)24-13-5-6-23-17(25-13)15-16(18(19,20)21)26-14-4-2-3-7-27(14)15/h2-10H,1H3,(H,23,24,25). The molecule has 0 aliphatic rings. The van der Waals surface area contributed by atoms with Crippen molar-refractivity contribution in [1.82, 2.24) is 24.3 Å². The lowest BCUT2D eigenvalue weighted by Gasteiger charge is -2.10. The minimum Gasteiger partial charge on any atom is -0.495 e. The van der Waals surface area contributed by atoms with Crippen molar-refractivity contribution in [3.05, 3.63) is 60.8 Å². The first-order valence-electron chi connectivity index (χ1n) is 8.09. The zero-order valence-electron chi connectivity index (χ0n) is 14.5. The molecule has 0 aliphatic carbocycles. The van der Waals surface area contributed by atoms with Gasteiger partial charge in [-0.2, -0.15) is 13.2 Å². The van der Waals surface area contributed by atoms with E-state index in [9.17, 15) is 13.2 Å². The Hall–Kier alpha value is -3.69. The first kappa shape index (κ1) is 17.7. The van der Waals surface area contributed by atoms with Crippen molar-refractivity contribution in [1.29, 1.82) is 0 Å². The van der Waals surface area contributed by atoms with Gasteiger partial charge in [-0.1, -0.05) is 6.07 Å². The van der Waals surface area contributed by atoms with E-state index >= 15 is 0 Å². The van der Waals surface area contributed by atoms with Crippen molar-refractivity contribution < 1.29 is 17.9 Å². The van der Waals surface area contributed by atoms with E-state index in [0.717, 1.165) is 0 Å². The second kappa shape index (κ2) is 6.80. The molecule has 0 saturated carbocycles. The van der Waals surface area contributed by atoms with Gasteiger partial charge in [0.2, 0.25) is 0 Å². The highest BCUT2D eigenvalue weighted by atomic mass is 19.4. The third-order valence-corrected chi connectivity index (χ3v) is 3.89. The van der Waals surface area contributed by atoms with Gasteiger partial charge in [-0.3, -0.25) is 9.38 Å². The van der Waals surface area contributed by atoms with Crippen LogP contribution in [-0.2, 0) is 6.18 Å². The molecule has 28 heavy (non-hydrogen) atoms. The summed E-state index contributed by atoms with van der Waals surface area (Å²) in [5, 5.41) is 2.98. The van der Waals surface area contributed by atoms with Gasteiger partial charge in [-0.25, -0.2) is 15.0 Å². The summed E-state index contributed by atoms with van der Waals surface area (Å²) in [4.78, 5) is 16.0. The Labute approximate surface area is 156 Å². The second-order valence-corrected chi connectivity index (χ2v) is 5.74. The molecule has 4 aromatic rings. The Morgan fingerprint density at radius 2 is 1.96 bits per heavy atom. The van der Waals surface area contributed by atoms with Crippen molar-refractivity contribution in [2.45, 2.75) is 6.18 Å². The smallest absolute Gasteiger partial charge is 0.435 e. The van der Waals surface area contributed by atoms with Gasteiger partial charge >= 0.3 is 6.18 Å². The SMILES string of the molecule is COc1cncc(Nc2ccnc(-c3c(C(F)(F)F)nc4ccccn34)n2)c1. The van der Waals surface area contributed by atoms with E-state index in [-0.39, 0.29) is 17.2 Å². The summed E-state index contributed by atoms with van der Waals surface area (Å²) in [7, 11) is 1.51. The van der Waals surface area contributed by atoms with E-state index in [1.165, 1.54) is 36.2 Å². The van der Waals surface area contributed by atoms with Crippen LogP contribution in [0.2, 0.25) is 0 Å². The first-order chi connectivity index (χ1) is 13.5. The minimum atomic E-state index is -4.65. The summed E-state index contributed by atoms with van der Waals surface area (Å²) in [5.74, 6) is 0.728. The maximum absolute atomic E-state index is 13.5. The molecule has 0 amide bonds. The van der Waals surface area contributed by atoms with Gasteiger partial charge in [0.05, 0.1) is 25.2 Å². The fourth-order valence-electron chi connectivity index (χ4n) is 2.70. The van der Waals surface area contributed by atoms with Gasteiger partial charge in [0.1, 0.15) is 22.9 Å². The molecule has 0 unspecified atom stereocenters. The number of imidazole rings is 1. The van der Waals surface area contributed by atoms with E-state index in [0.29, 0.717) is 17.3 Å². The van der Waals surface area contributed by atoms with Crippen LogP contribution in [0.5, 0.6) is 5.75 Å². The molecule has 4 rings (SSSR count). The minimum absolute atomic E-state index is 0.105. The predicted octanol–water partition coefficient (Wildman–Crippen LogP) is 3.96. The highest BCUT2D eigenvalue weighted by Crippen LogP contribution is 2.36. The van der Waals surface area contributed by atoms with Crippen LogP contribution in [0.25, 0.3) is 17.2 Å². The number of alkyl halides is 3. The van der Waals surface area contributed by atoms with Crippen LogP contribution in [0, 0.1) is 0 Å². The van der Waals surface area contributed by atoms with Crippen LogP contribution in [0.3, 0.4) is 0 Å². The van der Waals surface area contributed by atoms with Gasteiger partial charge in [0.15, 0.2) is 11.5 Å². The van der Waals surface area contributed by atoms with Crippen LogP contribution in [0.1, 0.15) is 5.69 Å². The van der Waals surface area contributed by atoms with E-state index in [1.54, 1.807) is 30.5 Å². The normalized spacial score (nSPS) is 11.6. The van der Waals surface area contributed by atoms with Gasteiger partial charge in [-0.15, -0.1) is 0 Å². The Morgan fingerprint density at radius 1 is 1.11 bits per heavy atom. The van der Waals surface area contributed by atoms with Crippen LogP contribution in [0.15, 0.2) is 55.1 Å². The summed E-state index contributed by atoms with van der Waals surface area (Å²) >= 11 is 0. The molecular formula is C18H13F3N6O. The number of methoxy groups -OCH3 is 1. The van der Waals surface area contributed by atoms with Crippen LogP contribution >= 0.6 is 0 Å². The fourth-order valence-corrected chi connectivity index (χ4v) is 2.70. The number of hydrogen-bond donors (Lipinski definition) is 1. The zero-order chi connectivity index (χ0) is 19.7. The Kier molecular flexibility index (Phi) is 4.30. The Bertz CT molecular complexity index is 1140. The monoisotopic (exact) mass is 386 g/mol. The molecule has 0 aliphatic heterocycles. The molecule has 0 aromatic carbocycles. The summed E-state index contributed by atoms with van der Waals surface area (Å²) < 4.78 is 47.0.